The number of nitrogens with zero attached hydrogens (tertiary/aromatic N) is 2. The highest BCUT2D eigenvalue weighted by Crippen LogP contribution is 2.42. The minimum atomic E-state index is -4.48. The summed E-state index contributed by atoms with van der Waals surface area (Å²) in [5.74, 6) is 0.111. The third-order valence-electron chi connectivity index (χ3n) is 4.11. The van der Waals surface area contributed by atoms with E-state index in [1.54, 1.807) is 17.8 Å². The summed E-state index contributed by atoms with van der Waals surface area (Å²) in [7, 11) is 1.72. The van der Waals surface area contributed by atoms with Crippen LogP contribution in [-0.2, 0) is 13.2 Å². The number of pyridine rings is 1. The van der Waals surface area contributed by atoms with E-state index >= 15 is 0 Å². The third kappa shape index (κ3) is 2.35. The molecule has 1 aliphatic heterocycles. The van der Waals surface area contributed by atoms with Crippen molar-refractivity contribution in [2.45, 2.75) is 24.9 Å². The molecule has 0 aliphatic carbocycles. The Kier molecular flexibility index (Phi) is 3.32. The number of anilines is 1. The molecule has 3 rings (SSSR count). The van der Waals surface area contributed by atoms with Gasteiger partial charge in [0.2, 0.25) is 0 Å². The zero-order valence-corrected chi connectivity index (χ0v) is 11.7. The van der Waals surface area contributed by atoms with Crippen LogP contribution in [0.4, 0.5) is 18.9 Å². The number of alkyl halides is 3. The summed E-state index contributed by atoms with van der Waals surface area (Å²) in [5, 5.41) is 3.39. The van der Waals surface area contributed by atoms with Gasteiger partial charge in [0.1, 0.15) is 5.65 Å². The zero-order valence-electron chi connectivity index (χ0n) is 11.7. The summed E-state index contributed by atoms with van der Waals surface area (Å²) in [5.41, 5.74) is 5.57. The number of nitrogens with two attached hydrogens (primary N) is 1. The van der Waals surface area contributed by atoms with Crippen LogP contribution in [0.2, 0.25) is 0 Å². The topological polar surface area (TPSA) is 55.9 Å². The van der Waals surface area contributed by atoms with Crippen LogP contribution >= 0.6 is 0 Å². The molecule has 2 aromatic rings. The molecule has 114 valence electrons. The average molecular weight is 298 g/mol. The number of hydrogen-bond acceptors (Lipinski definition) is 3. The van der Waals surface area contributed by atoms with Gasteiger partial charge in [-0.25, -0.2) is 4.98 Å². The maximum Gasteiger partial charge on any atom is 0.419 e. The fourth-order valence-corrected chi connectivity index (χ4v) is 3.14. The lowest BCUT2D eigenvalue weighted by Crippen LogP contribution is -2.26. The largest absolute Gasteiger partial charge is 0.419 e. The smallest absolute Gasteiger partial charge is 0.397 e. The summed E-state index contributed by atoms with van der Waals surface area (Å²) in [6, 6.07) is 0. The Labute approximate surface area is 120 Å². The number of rotatable bonds is 1. The summed E-state index contributed by atoms with van der Waals surface area (Å²) in [6.45, 7) is 1.64. The molecule has 0 atom stereocenters. The quantitative estimate of drug-likeness (QED) is 0.851. The van der Waals surface area contributed by atoms with E-state index in [1.807, 2.05) is 0 Å². The number of hydrogen-bond donors (Lipinski definition) is 2. The lowest BCUT2D eigenvalue weighted by molar-refractivity contribution is -0.135. The van der Waals surface area contributed by atoms with Crippen LogP contribution in [0.1, 0.15) is 29.9 Å². The molecule has 7 heteroatoms. The van der Waals surface area contributed by atoms with E-state index in [2.05, 4.69) is 10.3 Å². The van der Waals surface area contributed by atoms with E-state index in [0.29, 0.717) is 11.2 Å². The first-order chi connectivity index (χ1) is 9.89. The van der Waals surface area contributed by atoms with Crippen LogP contribution in [0.5, 0.6) is 0 Å². The Morgan fingerprint density at radius 1 is 1.33 bits per heavy atom. The SMILES string of the molecule is Cn1cc(C2CCNCC2)c2c(C(F)(F)F)c(N)cnc21. The standard InChI is InChI=1S/C14H17F3N4/c1-21-7-9(8-2-4-19-5-3-8)11-12(14(15,16)17)10(18)6-20-13(11)21/h6-8,19H,2-5,18H2,1H3. The van der Waals surface area contributed by atoms with Crippen LogP contribution in [0.15, 0.2) is 12.4 Å². The van der Waals surface area contributed by atoms with Crippen molar-refractivity contribution in [3.63, 3.8) is 0 Å². The molecule has 0 bridgehead atoms. The van der Waals surface area contributed by atoms with Gasteiger partial charge in [-0.3, -0.25) is 0 Å². The molecular formula is C14H17F3N4. The molecule has 0 amide bonds. The predicted octanol–water partition coefficient (Wildman–Crippen LogP) is 2.64. The molecule has 1 aliphatic rings. The van der Waals surface area contributed by atoms with Crippen LogP contribution in [-0.4, -0.2) is 22.6 Å². The highest BCUT2D eigenvalue weighted by Gasteiger charge is 2.38. The van der Waals surface area contributed by atoms with Crippen molar-refractivity contribution in [1.82, 2.24) is 14.9 Å². The van der Waals surface area contributed by atoms with E-state index in [-0.39, 0.29) is 17.0 Å². The fraction of sp³-hybridized carbons (Fsp3) is 0.500. The zero-order chi connectivity index (χ0) is 15.2. The number of aromatic nitrogens is 2. The van der Waals surface area contributed by atoms with Crippen LogP contribution in [0, 0.1) is 0 Å². The first kappa shape index (κ1) is 14.2. The number of fused-ring (bicyclic) bond motifs is 1. The van der Waals surface area contributed by atoms with E-state index in [1.165, 1.54) is 0 Å². The van der Waals surface area contributed by atoms with Crippen molar-refractivity contribution in [2.75, 3.05) is 18.8 Å². The Hall–Kier alpha value is -1.76. The number of aryl methyl sites for hydroxylation is 1. The number of nitrogens with one attached hydrogen (secondary N) is 1. The second kappa shape index (κ2) is 4.91. The molecule has 1 fully saturated rings. The average Bonchev–Trinajstić information content (AvgIpc) is 2.75. The van der Waals surface area contributed by atoms with Gasteiger partial charge in [-0.05, 0) is 37.4 Å². The number of piperidine rings is 1. The predicted molar refractivity (Wildman–Crippen MR) is 75.0 cm³/mol. The number of halogens is 3. The maximum absolute atomic E-state index is 13.4. The highest BCUT2D eigenvalue weighted by atomic mass is 19.4. The lowest BCUT2D eigenvalue weighted by atomic mass is 9.89. The van der Waals surface area contributed by atoms with E-state index in [0.717, 1.165) is 32.1 Å². The van der Waals surface area contributed by atoms with E-state index in [4.69, 9.17) is 5.73 Å². The summed E-state index contributed by atoms with van der Waals surface area (Å²) in [6.07, 6.45) is 0.0322. The first-order valence-corrected chi connectivity index (χ1v) is 6.91. The molecule has 0 aromatic carbocycles. The van der Waals surface area contributed by atoms with Crippen LogP contribution < -0.4 is 11.1 Å². The summed E-state index contributed by atoms with van der Waals surface area (Å²) >= 11 is 0. The van der Waals surface area contributed by atoms with Gasteiger partial charge in [-0.1, -0.05) is 0 Å². The Morgan fingerprint density at radius 2 is 2.00 bits per heavy atom. The minimum Gasteiger partial charge on any atom is -0.397 e. The Morgan fingerprint density at radius 3 is 2.62 bits per heavy atom. The molecule has 0 unspecified atom stereocenters. The second-order valence-corrected chi connectivity index (χ2v) is 5.50. The summed E-state index contributed by atoms with van der Waals surface area (Å²) < 4.78 is 41.9. The van der Waals surface area contributed by atoms with Crippen molar-refractivity contribution >= 4 is 16.7 Å². The molecule has 21 heavy (non-hydrogen) atoms. The van der Waals surface area contributed by atoms with Gasteiger partial charge in [0.25, 0.3) is 0 Å². The molecule has 3 N–H and O–H groups in total. The molecule has 1 saturated heterocycles. The monoisotopic (exact) mass is 298 g/mol. The molecular weight excluding hydrogens is 281 g/mol. The highest BCUT2D eigenvalue weighted by molar-refractivity contribution is 5.89. The maximum atomic E-state index is 13.4. The van der Waals surface area contributed by atoms with E-state index < -0.39 is 11.7 Å². The molecule has 2 aromatic heterocycles. The Bertz CT molecular complexity index is 669. The van der Waals surface area contributed by atoms with Crippen LogP contribution in [0.3, 0.4) is 0 Å². The Balaban J connectivity index is 2.27. The minimum absolute atomic E-state index is 0.111. The first-order valence-electron chi connectivity index (χ1n) is 6.91. The van der Waals surface area contributed by atoms with Gasteiger partial charge in [-0.15, -0.1) is 0 Å². The van der Waals surface area contributed by atoms with Crippen molar-refractivity contribution < 1.29 is 13.2 Å². The number of nitrogen functional groups attached to an aromatic ring is 1. The molecule has 4 nitrogen and oxygen atoms in total. The van der Waals surface area contributed by atoms with Crippen molar-refractivity contribution in [1.29, 1.82) is 0 Å². The van der Waals surface area contributed by atoms with Crippen molar-refractivity contribution in [3.8, 4) is 0 Å². The van der Waals surface area contributed by atoms with Gasteiger partial charge < -0.3 is 15.6 Å². The molecule has 0 saturated carbocycles. The molecule has 3 heterocycles. The normalized spacial score (nSPS) is 17.5. The fourth-order valence-electron chi connectivity index (χ4n) is 3.14. The van der Waals surface area contributed by atoms with E-state index in [9.17, 15) is 13.2 Å². The summed E-state index contributed by atoms with van der Waals surface area (Å²) in [4.78, 5) is 4.09. The van der Waals surface area contributed by atoms with Crippen molar-refractivity contribution in [3.05, 3.63) is 23.5 Å². The third-order valence-corrected chi connectivity index (χ3v) is 4.11. The van der Waals surface area contributed by atoms with Gasteiger partial charge in [-0.2, -0.15) is 13.2 Å². The second-order valence-electron chi connectivity index (χ2n) is 5.50. The van der Waals surface area contributed by atoms with Gasteiger partial charge >= 0.3 is 6.18 Å². The van der Waals surface area contributed by atoms with Crippen LogP contribution in [0.25, 0.3) is 11.0 Å². The van der Waals surface area contributed by atoms with Gasteiger partial charge in [0.15, 0.2) is 0 Å². The lowest BCUT2D eigenvalue weighted by Gasteiger charge is -2.23. The van der Waals surface area contributed by atoms with Gasteiger partial charge in [0.05, 0.1) is 17.4 Å². The van der Waals surface area contributed by atoms with Gasteiger partial charge in [0, 0.05) is 18.6 Å². The van der Waals surface area contributed by atoms with Crippen molar-refractivity contribution in [2.24, 2.45) is 7.05 Å². The molecule has 0 spiro atoms. The molecule has 0 radical (unpaired) electrons.